The summed E-state index contributed by atoms with van der Waals surface area (Å²) >= 11 is 0. The van der Waals surface area contributed by atoms with Crippen LogP contribution in [0, 0.1) is 0 Å². The Morgan fingerprint density at radius 2 is 2.25 bits per heavy atom. The molecule has 0 radical (unpaired) electrons. The summed E-state index contributed by atoms with van der Waals surface area (Å²) in [5, 5.41) is 19.7. The molecule has 0 bridgehead atoms. The maximum Gasteiger partial charge on any atom is 0.324 e. The molecule has 1 atom stereocenters. The van der Waals surface area contributed by atoms with Gasteiger partial charge in [-0.2, -0.15) is 0 Å². The Morgan fingerprint density at radius 3 is 2.67 bits per heavy atom. The summed E-state index contributed by atoms with van der Waals surface area (Å²) in [5.41, 5.74) is 0. The molecule has 3 amide bonds. The molecule has 1 heterocycles. The van der Waals surface area contributed by atoms with Crippen molar-refractivity contribution in [2.75, 3.05) is 19.7 Å². The van der Waals surface area contributed by atoms with Gasteiger partial charge in [-0.15, -0.1) is 0 Å². The number of aliphatic hydroxyl groups is 2. The van der Waals surface area contributed by atoms with E-state index in [9.17, 15) is 9.59 Å². The number of nitrogens with one attached hydrogen (secondary N) is 1. The molecule has 1 fully saturated rings. The summed E-state index contributed by atoms with van der Waals surface area (Å²) in [7, 11) is 0. The minimum absolute atomic E-state index is 0.0308. The van der Waals surface area contributed by atoms with E-state index in [4.69, 9.17) is 10.2 Å². The van der Waals surface area contributed by atoms with Crippen molar-refractivity contribution in [1.29, 1.82) is 0 Å². The van der Waals surface area contributed by atoms with E-state index in [2.05, 4.69) is 5.32 Å². The highest BCUT2D eigenvalue weighted by Crippen LogP contribution is 1.99. The van der Waals surface area contributed by atoms with Crippen LogP contribution in [0.15, 0.2) is 0 Å². The normalized spacial score (nSPS) is 19.7. The van der Waals surface area contributed by atoms with Gasteiger partial charge in [0.2, 0.25) is 5.91 Å². The molecule has 0 aromatic rings. The molecule has 12 heavy (non-hydrogen) atoms. The van der Waals surface area contributed by atoms with Gasteiger partial charge in [0.05, 0.1) is 25.8 Å². The van der Waals surface area contributed by atoms with Crippen LogP contribution < -0.4 is 5.32 Å². The molecule has 0 aromatic carbocycles. The zero-order valence-corrected chi connectivity index (χ0v) is 6.36. The Labute approximate surface area is 68.8 Å². The third kappa shape index (κ3) is 1.72. The number of carbonyl (C=O) groups excluding carboxylic acids is 2. The number of urea groups is 1. The lowest BCUT2D eigenvalue weighted by Gasteiger charge is -2.14. The standard InChI is InChI=1S/C6H10N2O4/c9-3-4(10)2-8-5(11)1-7-6(8)12/h4,9-10H,1-3H2,(H,7,12)/t4-/m0/s1. The van der Waals surface area contributed by atoms with Crippen molar-refractivity contribution in [1.82, 2.24) is 10.2 Å². The van der Waals surface area contributed by atoms with Gasteiger partial charge in [0.25, 0.3) is 0 Å². The average Bonchev–Trinajstić information content (AvgIpc) is 2.35. The number of imide groups is 1. The molecule has 6 heteroatoms. The van der Waals surface area contributed by atoms with Gasteiger partial charge in [-0.1, -0.05) is 0 Å². The highest BCUT2D eigenvalue weighted by Gasteiger charge is 2.29. The lowest BCUT2D eigenvalue weighted by Crippen LogP contribution is -2.38. The second-order valence-corrected chi connectivity index (χ2v) is 2.50. The molecule has 0 saturated carbocycles. The molecule has 1 rings (SSSR count). The Morgan fingerprint density at radius 1 is 1.58 bits per heavy atom. The van der Waals surface area contributed by atoms with E-state index in [1.165, 1.54) is 0 Å². The Balaban J connectivity index is 2.50. The first kappa shape index (κ1) is 8.95. The highest BCUT2D eigenvalue weighted by atomic mass is 16.3. The van der Waals surface area contributed by atoms with Gasteiger partial charge in [0.1, 0.15) is 0 Å². The molecule has 68 valence electrons. The predicted octanol–water partition coefficient (Wildman–Crippen LogP) is -2.11. The van der Waals surface area contributed by atoms with Gasteiger partial charge < -0.3 is 15.5 Å². The molecular weight excluding hydrogens is 164 g/mol. The number of amides is 3. The van der Waals surface area contributed by atoms with E-state index < -0.39 is 18.7 Å². The second-order valence-electron chi connectivity index (χ2n) is 2.50. The van der Waals surface area contributed by atoms with Gasteiger partial charge in [-0.25, -0.2) is 4.79 Å². The van der Waals surface area contributed by atoms with Crippen LogP contribution >= 0.6 is 0 Å². The third-order valence-corrected chi connectivity index (χ3v) is 1.54. The molecular formula is C6H10N2O4. The number of carbonyl (C=O) groups is 2. The van der Waals surface area contributed by atoms with Crippen molar-refractivity contribution < 1.29 is 19.8 Å². The number of rotatable bonds is 3. The van der Waals surface area contributed by atoms with Gasteiger partial charge in [0.15, 0.2) is 0 Å². The van der Waals surface area contributed by atoms with Crippen molar-refractivity contribution in [3.63, 3.8) is 0 Å². The summed E-state index contributed by atoms with van der Waals surface area (Å²) in [6.45, 7) is -0.644. The fourth-order valence-electron chi connectivity index (χ4n) is 0.909. The minimum atomic E-state index is -1.06. The molecule has 1 aliphatic rings. The Bertz CT molecular complexity index is 190. The lowest BCUT2D eigenvalue weighted by atomic mass is 10.3. The van der Waals surface area contributed by atoms with Crippen LogP contribution in [0.5, 0.6) is 0 Å². The minimum Gasteiger partial charge on any atom is -0.394 e. The van der Waals surface area contributed by atoms with Crippen LogP contribution in [-0.4, -0.2) is 52.9 Å². The topological polar surface area (TPSA) is 89.9 Å². The zero-order valence-electron chi connectivity index (χ0n) is 6.36. The van der Waals surface area contributed by atoms with Crippen LogP contribution in [0.25, 0.3) is 0 Å². The summed E-state index contributed by atoms with van der Waals surface area (Å²) < 4.78 is 0. The highest BCUT2D eigenvalue weighted by molar-refractivity contribution is 6.01. The quantitative estimate of drug-likeness (QED) is 0.427. The van der Waals surface area contributed by atoms with Crippen molar-refractivity contribution in [2.45, 2.75) is 6.10 Å². The van der Waals surface area contributed by atoms with E-state index in [1.54, 1.807) is 0 Å². The van der Waals surface area contributed by atoms with Gasteiger partial charge >= 0.3 is 6.03 Å². The molecule has 0 aromatic heterocycles. The second kappa shape index (κ2) is 3.51. The van der Waals surface area contributed by atoms with Gasteiger partial charge in [-0.05, 0) is 0 Å². The van der Waals surface area contributed by atoms with Crippen LogP contribution in [-0.2, 0) is 4.79 Å². The maximum absolute atomic E-state index is 10.9. The number of β-amino-alcohol motifs (C(OH)–C–C–N with tert-alkyl or cyclic N) is 1. The number of hydrogen-bond acceptors (Lipinski definition) is 4. The Hall–Kier alpha value is -1.14. The first-order chi connectivity index (χ1) is 5.65. The summed E-state index contributed by atoms with van der Waals surface area (Å²) in [6, 6.07) is -0.521. The fraction of sp³-hybridized carbons (Fsp3) is 0.667. The number of nitrogens with zero attached hydrogens (tertiary/aromatic N) is 1. The van der Waals surface area contributed by atoms with Gasteiger partial charge in [0, 0.05) is 0 Å². The van der Waals surface area contributed by atoms with Crippen molar-refractivity contribution in [3.05, 3.63) is 0 Å². The van der Waals surface area contributed by atoms with E-state index in [0.717, 1.165) is 4.90 Å². The molecule has 6 nitrogen and oxygen atoms in total. The van der Waals surface area contributed by atoms with Crippen molar-refractivity contribution >= 4 is 11.9 Å². The monoisotopic (exact) mass is 174 g/mol. The van der Waals surface area contributed by atoms with E-state index in [1.807, 2.05) is 0 Å². The lowest BCUT2D eigenvalue weighted by molar-refractivity contribution is -0.126. The zero-order chi connectivity index (χ0) is 9.14. The summed E-state index contributed by atoms with van der Waals surface area (Å²) in [4.78, 5) is 22.6. The van der Waals surface area contributed by atoms with E-state index in [0.29, 0.717) is 0 Å². The predicted molar refractivity (Wildman–Crippen MR) is 38.2 cm³/mol. The van der Waals surface area contributed by atoms with E-state index >= 15 is 0 Å². The maximum atomic E-state index is 10.9. The molecule has 0 aliphatic carbocycles. The SMILES string of the molecule is O=C1CNC(=O)N1C[C@H](O)CO. The first-order valence-corrected chi connectivity index (χ1v) is 3.52. The third-order valence-electron chi connectivity index (χ3n) is 1.54. The molecule has 1 aliphatic heterocycles. The molecule has 0 spiro atoms. The number of aliphatic hydroxyl groups excluding tert-OH is 2. The van der Waals surface area contributed by atoms with Crippen molar-refractivity contribution in [2.24, 2.45) is 0 Å². The van der Waals surface area contributed by atoms with Crippen LogP contribution in [0.2, 0.25) is 0 Å². The summed E-state index contributed by atoms with van der Waals surface area (Å²) in [5.74, 6) is -0.382. The largest absolute Gasteiger partial charge is 0.394 e. The average molecular weight is 174 g/mol. The first-order valence-electron chi connectivity index (χ1n) is 3.52. The molecule has 0 unspecified atom stereocenters. The van der Waals surface area contributed by atoms with Crippen molar-refractivity contribution in [3.8, 4) is 0 Å². The molecule has 3 N–H and O–H groups in total. The summed E-state index contributed by atoms with van der Waals surface area (Å²) in [6.07, 6.45) is -1.06. The van der Waals surface area contributed by atoms with Crippen LogP contribution in [0.4, 0.5) is 4.79 Å². The smallest absolute Gasteiger partial charge is 0.324 e. The van der Waals surface area contributed by atoms with Crippen LogP contribution in [0.3, 0.4) is 0 Å². The number of hydrogen-bond donors (Lipinski definition) is 3. The molecule has 1 saturated heterocycles. The Kier molecular flexibility index (Phi) is 2.61. The van der Waals surface area contributed by atoms with Crippen LogP contribution in [0.1, 0.15) is 0 Å². The van der Waals surface area contributed by atoms with Gasteiger partial charge in [-0.3, -0.25) is 9.69 Å². The fourth-order valence-corrected chi connectivity index (χ4v) is 0.909. The van der Waals surface area contributed by atoms with E-state index in [-0.39, 0.29) is 19.0 Å².